The van der Waals surface area contributed by atoms with Crippen LogP contribution < -0.4 is 5.56 Å². The Morgan fingerprint density at radius 3 is 2.78 bits per heavy atom. The number of nitrogens with zero attached hydrogens (tertiary/aromatic N) is 2. The van der Waals surface area contributed by atoms with Gasteiger partial charge in [0.2, 0.25) is 0 Å². The van der Waals surface area contributed by atoms with Gasteiger partial charge in [-0.3, -0.25) is 9.36 Å². The molecule has 2 rings (SSSR count). The molecule has 0 saturated heterocycles. The molecule has 18 heavy (non-hydrogen) atoms. The molecule has 1 heterocycles. The van der Waals surface area contributed by atoms with Gasteiger partial charge in [-0.2, -0.15) is 0 Å². The van der Waals surface area contributed by atoms with E-state index in [1.54, 1.807) is 17.8 Å². The quantitative estimate of drug-likeness (QED) is 0.898. The minimum atomic E-state index is -0.410. The fourth-order valence-electron chi connectivity index (χ4n) is 2.11. The lowest BCUT2D eigenvalue weighted by Crippen LogP contribution is -2.22. The Kier molecular flexibility index (Phi) is 3.48. The van der Waals surface area contributed by atoms with Gasteiger partial charge in [0, 0.05) is 6.54 Å². The molecule has 96 valence electrons. The summed E-state index contributed by atoms with van der Waals surface area (Å²) >= 11 is 0. The van der Waals surface area contributed by atoms with Crippen molar-refractivity contribution in [2.45, 2.75) is 39.8 Å². The molecule has 0 aliphatic rings. The summed E-state index contributed by atoms with van der Waals surface area (Å²) in [5.41, 5.74) is 2.81. The van der Waals surface area contributed by atoms with Gasteiger partial charge in [0.15, 0.2) is 0 Å². The van der Waals surface area contributed by atoms with Crippen LogP contribution in [0, 0.1) is 13.8 Å². The molecule has 0 bridgehead atoms. The van der Waals surface area contributed by atoms with Crippen LogP contribution in [-0.2, 0) is 6.54 Å². The SMILES string of the molecule is Cc1cc(C)c2ncn(CCC(C)O)c(=O)c2c1. The standard InChI is InChI=1S/C14H18N2O2/c1-9-6-10(2)13-12(7-9)14(18)16(8-15-13)5-4-11(3)17/h6-8,11,17H,4-5H2,1-3H3. The number of aliphatic hydroxyl groups excluding tert-OH is 1. The van der Waals surface area contributed by atoms with Crippen molar-refractivity contribution in [1.29, 1.82) is 0 Å². The number of aryl methyl sites for hydroxylation is 3. The van der Waals surface area contributed by atoms with Gasteiger partial charge in [0.05, 0.1) is 23.3 Å². The predicted molar refractivity (Wildman–Crippen MR) is 71.8 cm³/mol. The zero-order chi connectivity index (χ0) is 13.3. The lowest BCUT2D eigenvalue weighted by atomic mass is 10.1. The fraction of sp³-hybridized carbons (Fsp3) is 0.429. The summed E-state index contributed by atoms with van der Waals surface area (Å²) in [4.78, 5) is 16.6. The summed E-state index contributed by atoms with van der Waals surface area (Å²) in [6.07, 6.45) is 1.71. The van der Waals surface area contributed by atoms with E-state index in [-0.39, 0.29) is 5.56 Å². The van der Waals surface area contributed by atoms with Gasteiger partial charge < -0.3 is 5.11 Å². The molecule has 1 atom stereocenters. The summed E-state index contributed by atoms with van der Waals surface area (Å²) in [5, 5.41) is 9.92. The molecule has 0 fully saturated rings. The minimum absolute atomic E-state index is 0.0348. The van der Waals surface area contributed by atoms with E-state index in [0.29, 0.717) is 18.4 Å². The largest absolute Gasteiger partial charge is 0.393 e. The Bertz CT molecular complexity index is 629. The highest BCUT2D eigenvalue weighted by Gasteiger charge is 2.07. The van der Waals surface area contributed by atoms with Crippen LogP contribution in [0.1, 0.15) is 24.5 Å². The van der Waals surface area contributed by atoms with Gasteiger partial charge in [0.1, 0.15) is 0 Å². The third-order valence-corrected chi connectivity index (χ3v) is 3.05. The molecule has 0 aliphatic heterocycles. The van der Waals surface area contributed by atoms with E-state index in [9.17, 15) is 9.90 Å². The number of fused-ring (bicyclic) bond motifs is 1. The van der Waals surface area contributed by atoms with E-state index in [4.69, 9.17) is 0 Å². The van der Waals surface area contributed by atoms with Crippen molar-refractivity contribution in [2.75, 3.05) is 0 Å². The maximum absolute atomic E-state index is 12.3. The van der Waals surface area contributed by atoms with Crippen LogP contribution in [0.15, 0.2) is 23.3 Å². The third kappa shape index (κ3) is 2.43. The molecule has 0 saturated carbocycles. The zero-order valence-corrected chi connectivity index (χ0v) is 11.0. The van der Waals surface area contributed by atoms with Crippen LogP contribution in [0.2, 0.25) is 0 Å². The zero-order valence-electron chi connectivity index (χ0n) is 11.0. The van der Waals surface area contributed by atoms with Crippen LogP contribution in [0.25, 0.3) is 10.9 Å². The monoisotopic (exact) mass is 246 g/mol. The highest BCUT2D eigenvalue weighted by molar-refractivity contribution is 5.81. The number of aliphatic hydroxyl groups is 1. The van der Waals surface area contributed by atoms with E-state index in [0.717, 1.165) is 16.6 Å². The van der Waals surface area contributed by atoms with Crippen molar-refractivity contribution in [3.8, 4) is 0 Å². The number of hydrogen-bond acceptors (Lipinski definition) is 3. The van der Waals surface area contributed by atoms with E-state index >= 15 is 0 Å². The normalized spacial score (nSPS) is 12.9. The Hall–Kier alpha value is -1.68. The first-order valence-electron chi connectivity index (χ1n) is 6.13. The summed E-state index contributed by atoms with van der Waals surface area (Å²) in [7, 11) is 0. The highest BCUT2D eigenvalue weighted by atomic mass is 16.3. The van der Waals surface area contributed by atoms with Crippen molar-refractivity contribution < 1.29 is 5.11 Å². The van der Waals surface area contributed by atoms with Crippen LogP contribution >= 0.6 is 0 Å². The van der Waals surface area contributed by atoms with E-state index < -0.39 is 6.10 Å². The molecule has 4 heteroatoms. The smallest absolute Gasteiger partial charge is 0.261 e. The lowest BCUT2D eigenvalue weighted by Gasteiger charge is -2.09. The first kappa shape index (κ1) is 12.8. The first-order chi connectivity index (χ1) is 8.49. The topological polar surface area (TPSA) is 55.1 Å². The van der Waals surface area contributed by atoms with Crippen molar-refractivity contribution >= 4 is 10.9 Å². The van der Waals surface area contributed by atoms with Gasteiger partial charge >= 0.3 is 0 Å². The summed E-state index contributed by atoms with van der Waals surface area (Å²) in [5.74, 6) is 0. The number of hydrogen-bond donors (Lipinski definition) is 1. The molecule has 4 nitrogen and oxygen atoms in total. The van der Waals surface area contributed by atoms with Gasteiger partial charge in [-0.1, -0.05) is 6.07 Å². The fourth-order valence-corrected chi connectivity index (χ4v) is 2.11. The van der Waals surface area contributed by atoms with Crippen molar-refractivity contribution in [3.05, 3.63) is 39.9 Å². The molecule has 1 aromatic carbocycles. The highest BCUT2D eigenvalue weighted by Crippen LogP contribution is 2.14. The Labute approximate surface area is 106 Å². The average Bonchev–Trinajstić information content (AvgIpc) is 2.29. The second-order valence-electron chi connectivity index (χ2n) is 4.86. The van der Waals surface area contributed by atoms with Crippen molar-refractivity contribution in [2.24, 2.45) is 0 Å². The molecule has 0 aliphatic carbocycles. The first-order valence-corrected chi connectivity index (χ1v) is 6.13. The van der Waals surface area contributed by atoms with Crippen LogP contribution in [0.4, 0.5) is 0 Å². The molecule has 1 aromatic heterocycles. The number of benzene rings is 1. The molecular weight excluding hydrogens is 228 g/mol. The van der Waals surface area contributed by atoms with Crippen LogP contribution in [-0.4, -0.2) is 20.8 Å². The minimum Gasteiger partial charge on any atom is -0.393 e. The Morgan fingerprint density at radius 1 is 1.39 bits per heavy atom. The number of aromatic nitrogens is 2. The van der Waals surface area contributed by atoms with Crippen LogP contribution in [0.5, 0.6) is 0 Å². The second-order valence-corrected chi connectivity index (χ2v) is 4.86. The van der Waals surface area contributed by atoms with E-state index in [1.807, 2.05) is 26.0 Å². The molecule has 0 radical (unpaired) electrons. The number of rotatable bonds is 3. The summed E-state index contributed by atoms with van der Waals surface area (Å²) < 4.78 is 1.56. The van der Waals surface area contributed by atoms with E-state index in [2.05, 4.69) is 4.98 Å². The Morgan fingerprint density at radius 2 is 2.11 bits per heavy atom. The van der Waals surface area contributed by atoms with Gasteiger partial charge in [-0.05, 0) is 44.4 Å². The Balaban J connectivity index is 2.53. The summed E-state index contributed by atoms with van der Waals surface area (Å²) in [6, 6.07) is 3.89. The third-order valence-electron chi connectivity index (χ3n) is 3.05. The molecule has 2 aromatic rings. The maximum atomic E-state index is 12.3. The van der Waals surface area contributed by atoms with Crippen molar-refractivity contribution in [3.63, 3.8) is 0 Å². The lowest BCUT2D eigenvalue weighted by molar-refractivity contribution is 0.177. The molecule has 1 unspecified atom stereocenters. The van der Waals surface area contributed by atoms with Crippen LogP contribution in [0.3, 0.4) is 0 Å². The second kappa shape index (κ2) is 4.90. The molecule has 1 N–H and O–H groups in total. The molecule has 0 spiro atoms. The van der Waals surface area contributed by atoms with Gasteiger partial charge in [-0.15, -0.1) is 0 Å². The van der Waals surface area contributed by atoms with Gasteiger partial charge in [-0.25, -0.2) is 4.98 Å². The molecular formula is C14H18N2O2. The maximum Gasteiger partial charge on any atom is 0.261 e. The summed E-state index contributed by atoms with van der Waals surface area (Å²) in [6.45, 7) is 6.14. The van der Waals surface area contributed by atoms with E-state index in [1.165, 1.54) is 0 Å². The van der Waals surface area contributed by atoms with Gasteiger partial charge in [0.25, 0.3) is 5.56 Å². The molecule has 0 amide bonds. The average molecular weight is 246 g/mol. The predicted octanol–water partition coefficient (Wildman–Crippen LogP) is 1.78. The van der Waals surface area contributed by atoms with Crippen molar-refractivity contribution in [1.82, 2.24) is 9.55 Å².